The monoisotopic (exact) mass is 448 g/mol. The maximum Gasteiger partial charge on any atom is 0.586 e. The highest BCUT2D eigenvalue weighted by Crippen LogP contribution is 2.50. The van der Waals surface area contributed by atoms with E-state index < -0.39 is 29.6 Å². The Hall–Kier alpha value is -3.70. The summed E-state index contributed by atoms with van der Waals surface area (Å²) in [5, 5.41) is 12.0. The number of carbonyl (C=O) groups excluding carboxylic acids is 1. The molecular formula is C20H18F2N4O6. The molecule has 2 atom stereocenters. The Balaban J connectivity index is 1.34. The van der Waals surface area contributed by atoms with Crippen molar-refractivity contribution in [3.05, 3.63) is 30.1 Å². The topological polar surface area (TPSA) is 123 Å². The molecule has 168 valence electrons. The van der Waals surface area contributed by atoms with E-state index in [1.165, 1.54) is 24.5 Å². The summed E-state index contributed by atoms with van der Waals surface area (Å²) in [5.74, 6) is -0.934. The number of halogens is 2. The van der Waals surface area contributed by atoms with Gasteiger partial charge < -0.3 is 29.5 Å². The highest BCUT2D eigenvalue weighted by molar-refractivity contribution is 5.99. The fourth-order valence-corrected chi connectivity index (χ4v) is 4.10. The van der Waals surface area contributed by atoms with Crippen LogP contribution in [0.3, 0.4) is 0 Å². The van der Waals surface area contributed by atoms with Crippen molar-refractivity contribution in [1.82, 2.24) is 9.97 Å². The lowest BCUT2D eigenvalue weighted by Crippen LogP contribution is -2.39. The van der Waals surface area contributed by atoms with Gasteiger partial charge in [-0.05, 0) is 25.8 Å². The first-order valence-electron chi connectivity index (χ1n) is 9.86. The number of nitrogens with zero attached hydrogens (tertiary/aromatic N) is 3. The maximum atomic E-state index is 13.4. The van der Waals surface area contributed by atoms with Crippen LogP contribution in [0.2, 0.25) is 0 Å². The number of carboxylic acids is 1. The number of rotatable bonds is 4. The molecule has 1 aromatic heterocycles. The quantitative estimate of drug-likeness (QED) is 0.724. The van der Waals surface area contributed by atoms with E-state index in [9.17, 15) is 23.5 Å². The predicted molar refractivity (Wildman–Crippen MR) is 104 cm³/mol. The number of hydrogen-bond acceptors (Lipinski definition) is 8. The fraction of sp³-hybridized carbons (Fsp3) is 0.400. The van der Waals surface area contributed by atoms with Gasteiger partial charge in [-0.2, -0.15) is 0 Å². The van der Waals surface area contributed by atoms with Gasteiger partial charge in [0, 0.05) is 18.2 Å². The van der Waals surface area contributed by atoms with Crippen molar-refractivity contribution < 1.29 is 37.7 Å². The Morgan fingerprint density at radius 1 is 1.19 bits per heavy atom. The summed E-state index contributed by atoms with van der Waals surface area (Å²) >= 11 is 0. The van der Waals surface area contributed by atoms with Gasteiger partial charge >= 0.3 is 12.3 Å². The van der Waals surface area contributed by atoms with Gasteiger partial charge in [0.1, 0.15) is 29.6 Å². The second kappa shape index (κ2) is 6.90. The zero-order valence-electron chi connectivity index (χ0n) is 16.8. The molecule has 0 aliphatic carbocycles. The van der Waals surface area contributed by atoms with E-state index in [2.05, 4.69) is 24.8 Å². The van der Waals surface area contributed by atoms with Gasteiger partial charge in [-0.3, -0.25) is 4.79 Å². The molecular weight excluding hydrogens is 430 g/mol. The average Bonchev–Trinajstić information content (AvgIpc) is 3.42. The van der Waals surface area contributed by atoms with Gasteiger partial charge in [0.25, 0.3) is 0 Å². The number of aromatic nitrogens is 2. The number of ether oxygens (including phenoxy) is 3. The van der Waals surface area contributed by atoms with Crippen LogP contribution in [0.25, 0.3) is 0 Å². The van der Waals surface area contributed by atoms with E-state index in [-0.39, 0.29) is 29.7 Å². The second-order valence-corrected chi connectivity index (χ2v) is 7.99. The van der Waals surface area contributed by atoms with Gasteiger partial charge in [-0.15, -0.1) is 8.78 Å². The number of anilines is 2. The van der Waals surface area contributed by atoms with E-state index in [1.54, 1.807) is 11.8 Å². The zero-order valence-corrected chi connectivity index (χ0v) is 16.8. The molecule has 5 rings (SSSR count). The van der Waals surface area contributed by atoms with E-state index in [0.717, 1.165) is 6.42 Å². The first kappa shape index (κ1) is 20.2. The molecule has 0 unspecified atom stereocenters. The summed E-state index contributed by atoms with van der Waals surface area (Å²) < 4.78 is 41.2. The van der Waals surface area contributed by atoms with Crippen LogP contribution in [0.4, 0.5) is 20.4 Å². The number of nitrogens with one attached hydrogen (secondary N) is 1. The molecule has 32 heavy (non-hydrogen) atoms. The standard InChI is InChI=1S/C20H18F2N4O6/c1-19(9-30-12-6-14-13(5-10(12)19)31-20(21,22)32-14)18(29)25-15-7-24-16(8-23-15)26-4-2-3-11(26)17(27)28/h5-8,11H,2-4,9H2,1H3,(H,27,28)(H,23,25,29)/t11-,19-/m0/s1. The number of fused-ring (bicyclic) bond motifs is 2. The Bertz CT molecular complexity index is 1110. The first-order chi connectivity index (χ1) is 15.2. The highest BCUT2D eigenvalue weighted by Gasteiger charge is 2.49. The molecule has 12 heteroatoms. The molecule has 3 aliphatic heterocycles. The van der Waals surface area contributed by atoms with Crippen LogP contribution in [0.15, 0.2) is 24.5 Å². The number of carbonyl (C=O) groups is 2. The Kier molecular flexibility index (Phi) is 4.36. The number of aliphatic carboxylic acids is 1. The van der Waals surface area contributed by atoms with Gasteiger partial charge in [0.2, 0.25) is 5.91 Å². The minimum Gasteiger partial charge on any atom is -0.492 e. The van der Waals surface area contributed by atoms with Crippen molar-refractivity contribution in [3.63, 3.8) is 0 Å². The number of carboxylic acid groups (broad SMARTS) is 1. The lowest BCUT2D eigenvalue weighted by Gasteiger charge is -2.23. The Morgan fingerprint density at radius 3 is 2.62 bits per heavy atom. The van der Waals surface area contributed by atoms with E-state index in [1.807, 2.05) is 0 Å². The van der Waals surface area contributed by atoms with Gasteiger partial charge in [0.15, 0.2) is 17.3 Å². The van der Waals surface area contributed by atoms with E-state index in [4.69, 9.17) is 4.74 Å². The Morgan fingerprint density at radius 2 is 1.94 bits per heavy atom. The molecule has 10 nitrogen and oxygen atoms in total. The summed E-state index contributed by atoms with van der Waals surface area (Å²) in [4.78, 5) is 34.5. The largest absolute Gasteiger partial charge is 0.586 e. The molecule has 0 radical (unpaired) electrons. The molecule has 0 bridgehead atoms. The third-order valence-electron chi connectivity index (χ3n) is 5.83. The van der Waals surface area contributed by atoms with Crippen molar-refractivity contribution in [2.24, 2.45) is 0 Å². The summed E-state index contributed by atoms with van der Waals surface area (Å²) in [5.41, 5.74) is -0.823. The Labute approximate surface area is 180 Å². The normalized spacial score (nSPS) is 24.7. The lowest BCUT2D eigenvalue weighted by atomic mass is 9.83. The maximum absolute atomic E-state index is 13.4. The lowest BCUT2D eigenvalue weighted by molar-refractivity contribution is -0.286. The van der Waals surface area contributed by atoms with Crippen LogP contribution >= 0.6 is 0 Å². The van der Waals surface area contributed by atoms with Gasteiger partial charge in [-0.1, -0.05) is 0 Å². The SMILES string of the molecule is C[C@]1(C(=O)Nc2cnc(N3CCC[C@H]3C(=O)O)cn2)COc2cc3c(cc21)OC(F)(F)O3. The van der Waals surface area contributed by atoms with Crippen LogP contribution in [0.5, 0.6) is 17.2 Å². The number of alkyl halides is 2. The fourth-order valence-electron chi connectivity index (χ4n) is 4.10. The van der Waals surface area contributed by atoms with Crippen molar-refractivity contribution in [3.8, 4) is 17.2 Å². The number of amides is 1. The minimum absolute atomic E-state index is 0.0208. The van der Waals surface area contributed by atoms with Crippen molar-refractivity contribution >= 4 is 23.5 Å². The molecule has 2 N–H and O–H groups in total. The van der Waals surface area contributed by atoms with Crippen LogP contribution in [0.1, 0.15) is 25.3 Å². The molecule has 1 saturated heterocycles. The van der Waals surface area contributed by atoms with Crippen LogP contribution < -0.4 is 24.4 Å². The van der Waals surface area contributed by atoms with Crippen LogP contribution in [0, 0.1) is 0 Å². The van der Waals surface area contributed by atoms with Crippen LogP contribution in [-0.2, 0) is 15.0 Å². The van der Waals surface area contributed by atoms with Gasteiger partial charge in [0.05, 0.1) is 12.4 Å². The highest BCUT2D eigenvalue weighted by atomic mass is 19.3. The van der Waals surface area contributed by atoms with Crippen molar-refractivity contribution in [1.29, 1.82) is 0 Å². The summed E-state index contributed by atoms with van der Waals surface area (Å²) in [6.07, 6.45) is 0.225. The van der Waals surface area contributed by atoms with Crippen molar-refractivity contribution in [2.45, 2.75) is 37.5 Å². The van der Waals surface area contributed by atoms with E-state index >= 15 is 0 Å². The van der Waals surface area contributed by atoms with Gasteiger partial charge in [-0.25, -0.2) is 14.8 Å². The zero-order chi connectivity index (χ0) is 22.7. The third-order valence-corrected chi connectivity index (χ3v) is 5.83. The molecule has 1 fully saturated rings. The molecule has 2 aromatic rings. The molecule has 3 aliphatic rings. The molecule has 0 saturated carbocycles. The summed E-state index contributed by atoms with van der Waals surface area (Å²) in [6, 6.07) is 1.93. The van der Waals surface area contributed by atoms with Crippen LogP contribution in [-0.4, -0.2) is 52.4 Å². The smallest absolute Gasteiger partial charge is 0.492 e. The molecule has 4 heterocycles. The summed E-state index contributed by atoms with van der Waals surface area (Å²) in [6.45, 7) is 2.14. The predicted octanol–water partition coefficient (Wildman–Crippen LogP) is 2.14. The summed E-state index contributed by atoms with van der Waals surface area (Å²) in [7, 11) is 0. The minimum atomic E-state index is -3.78. The first-order valence-corrected chi connectivity index (χ1v) is 9.86. The average molecular weight is 448 g/mol. The third kappa shape index (κ3) is 3.22. The van der Waals surface area contributed by atoms with Crippen molar-refractivity contribution in [2.75, 3.05) is 23.4 Å². The number of benzene rings is 1. The van der Waals surface area contributed by atoms with E-state index in [0.29, 0.717) is 24.3 Å². The molecule has 1 aromatic carbocycles. The molecule has 0 spiro atoms. The molecule has 1 amide bonds. The number of hydrogen-bond donors (Lipinski definition) is 2. The second-order valence-electron chi connectivity index (χ2n) is 7.99.